The molecule has 1 saturated heterocycles. The number of fused-ring (bicyclic) bond motifs is 1. The highest BCUT2D eigenvalue weighted by Crippen LogP contribution is 2.29. The maximum Gasteiger partial charge on any atom is 0.254 e. The summed E-state index contributed by atoms with van der Waals surface area (Å²) in [6.45, 7) is 8.77. The van der Waals surface area contributed by atoms with Gasteiger partial charge in [0.1, 0.15) is 0 Å². The number of carbonyl (C=O) groups excluding carboxylic acids is 1. The fourth-order valence-electron chi connectivity index (χ4n) is 4.15. The number of hydrogen-bond acceptors (Lipinski definition) is 4. The molecular formula is C23H29N5O. The average molecular weight is 392 g/mol. The summed E-state index contributed by atoms with van der Waals surface area (Å²) in [5, 5.41) is 5.21. The van der Waals surface area contributed by atoms with Crippen LogP contribution >= 0.6 is 0 Å². The van der Waals surface area contributed by atoms with Gasteiger partial charge in [0, 0.05) is 49.9 Å². The van der Waals surface area contributed by atoms with Crippen molar-refractivity contribution in [1.29, 1.82) is 0 Å². The monoisotopic (exact) mass is 391 g/mol. The van der Waals surface area contributed by atoms with Crippen LogP contribution in [0.2, 0.25) is 0 Å². The standard InChI is InChI=1S/C23H29N5O/c1-6-18-14-28(10-9-26(18)4)23(29)20-11-21(17-12-24-27(5)13-17)25-22-16(3)15(2)7-8-19(20)22/h7-8,11-13,18H,6,9-10,14H2,1-5H3/t18-/m0/s1. The Bertz CT molecular complexity index is 1070. The van der Waals surface area contributed by atoms with E-state index in [2.05, 4.69) is 43.9 Å². The number of piperazine rings is 1. The molecule has 152 valence electrons. The third-order valence-electron chi connectivity index (χ3n) is 6.27. The zero-order valence-corrected chi connectivity index (χ0v) is 17.9. The number of aromatic nitrogens is 3. The third-order valence-corrected chi connectivity index (χ3v) is 6.27. The molecule has 0 bridgehead atoms. The van der Waals surface area contributed by atoms with Gasteiger partial charge in [-0.1, -0.05) is 19.1 Å². The summed E-state index contributed by atoms with van der Waals surface area (Å²) in [7, 11) is 4.03. The summed E-state index contributed by atoms with van der Waals surface area (Å²) in [6.07, 6.45) is 4.78. The number of likely N-dealkylation sites (N-methyl/N-ethyl adjacent to an activating group) is 1. The molecule has 29 heavy (non-hydrogen) atoms. The first-order valence-electron chi connectivity index (χ1n) is 10.3. The van der Waals surface area contributed by atoms with E-state index in [0.717, 1.165) is 59.3 Å². The van der Waals surface area contributed by atoms with Gasteiger partial charge in [-0.05, 0) is 44.5 Å². The fourth-order valence-corrected chi connectivity index (χ4v) is 4.15. The van der Waals surface area contributed by atoms with Crippen LogP contribution in [0.25, 0.3) is 22.2 Å². The Morgan fingerprint density at radius 2 is 2.00 bits per heavy atom. The second kappa shape index (κ2) is 7.59. The van der Waals surface area contributed by atoms with E-state index in [1.165, 1.54) is 5.56 Å². The molecule has 3 heterocycles. The van der Waals surface area contributed by atoms with Crippen LogP contribution in [0.1, 0.15) is 34.8 Å². The lowest BCUT2D eigenvalue weighted by molar-refractivity contribution is 0.0543. The SMILES string of the molecule is CC[C@H]1CN(C(=O)c2cc(-c3cnn(C)c3)nc3c(C)c(C)ccc23)CCN1C. The van der Waals surface area contributed by atoms with Crippen LogP contribution in [0.3, 0.4) is 0 Å². The molecular weight excluding hydrogens is 362 g/mol. The second-order valence-corrected chi connectivity index (χ2v) is 8.16. The van der Waals surface area contributed by atoms with Gasteiger partial charge in [-0.15, -0.1) is 0 Å². The summed E-state index contributed by atoms with van der Waals surface area (Å²) >= 11 is 0. The number of rotatable bonds is 3. The van der Waals surface area contributed by atoms with Crippen LogP contribution in [0.5, 0.6) is 0 Å². The minimum atomic E-state index is 0.0948. The van der Waals surface area contributed by atoms with Gasteiger partial charge in [-0.3, -0.25) is 14.4 Å². The number of aryl methyl sites for hydroxylation is 3. The van der Waals surface area contributed by atoms with Gasteiger partial charge in [0.25, 0.3) is 5.91 Å². The second-order valence-electron chi connectivity index (χ2n) is 8.16. The van der Waals surface area contributed by atoms with E-state index in [4.69, 9.17) is 4.98 Å². The van der Waals surface area contributed by atoms with Gasteiger partial charge in [-0.2, -0.15) is 5.10 Å². The number of benzene rings is 1. The average Bonchev–Trinajstić information content (AvgIpc) is 3.16. The van der Waals surface area contributed by atoms with Gasteiger partial charge in [0.05, 0.1) is 23.0 Å². The molecule has 0 N–H and O–H groups in total. The van der Waals surface area contributed by atoms with Crippen LogP contribution in [-0.2, 0) is 7.05 Å². The molecule has 1 atom stereocenters. The summed E-state index contributed by atoms with van der Waals surface area (Å²) < 4.78 is 1.76. The van der Waals surface area contributed by atoms with Crippen LogP contribution < -0.4 is 0 Å². The largest absolute Gasteiger partial charge is 0.336 e. The first-order valence-corrected chi connectivity index (χ1v) is 10.3. The quantitative estimate of drug-likeness (QED) is 0.687. The van der Waals surface area contributed by atoms with Gasteiger partial charge < -0.3 is 4.90 Å². The Morgan fingerprint density at radius 1 is 1.21 bits per heavy atom. The Hall–Kier alpha value is -2.73. The Labute approximate surface area is 172 Å². The highest BCUT2D eigenvalue weighted by atomic mass is 16.2. The molecule has 6 nitrogen and oxygen atoms in total. The van der Waals surface area contributed by atoms with Gasteiger partial charge >= 0.3 is 0 Å². The first-order chi connectivity index (χ1) is 13.9. The molecule has 1 amide bonds. The molecule has 1 aliphatic rings. The molecule has 0 saturated carbocycles. The molecule has 0 spiro atoms. The molecule has 0 unspecified atom stereocenters. The lowest BCUT2D eigenvalue weighted by atomic mass is 9.98. The molecule has 1 aromatic carbocycles. The highest BCUT2D eigenvalue weighted by Gasteiger charge is 2.28. The van der Waals surface area contributed by atoms with E-state index in [9.17, 15) is 4.79 Å². The van der Waals surface area contributed by atoms with Gasteiger partial charge in [-0.25, -0.2) is 4.98 Å². The number of hydrogen-bond donors (Lipinski definition) is 0. The molecule has 0 aliphatic carbocycles. The van der Waals surface area contributed by atoms with Crippen molar-refractivity contribution >= 4 is 16.8 Å². The molecule has 2 aromatic heterocycles. The lowest BCUT2D eigenvalue weighted by Crippen LogP contribution is -2.53. The molecule has 1 fully saturated rings. The Balaban J connectivity index is 1.84. The summed E-state index contributed by atoms with van der Waals surface area (Å²) in [5.41, 5.74) is 5.65. The van der Waals surface area contributed by atoms with Crippen LogP contribution in [-0.4, -0.2) is 63.2 Å². The minimum absolute atomic E-state index is 0.0948. The van der Waals surface area contributed by atoms with Crippen LogP contribution in [0, 0.1) is 13.8 Å². The van der Waals surface area contributed by atoms with Crippen molar-refractivity contribution in [2.45, 2.75) is 33.2 Å². The van der Waals surface area contributed by atoms with Crippen LogP contribution in [0.15, 0.2) is 30.6 Å². The zero-order chi connectivity index (χ0) is 20.7. The Kier molecular flexibility index (Phi) is 5.13. The maximum absolute atomic E-state index is 13.6. The molecule has 4 rings (SSSR count). The van der Waals surface area contributed by atoms with Gasteiger partial charge in [0.15, 0.2) is 0 Å². The number of amides is 1. The molecule has 3 aromatic rings. The van der Waals surface area contributed by atoms with E-state index in [-0.39, 0.29) is 5.91 Å². The summed E-state index contributed by atoms with van der Waals surface area (Å²) in [5.74, 6) is 0.0948. The van der Waals surface area contributed by atoms with E-state index in [1.807, 2.05) is 30.3 Å². The van der Waals surface area contributed by atoms with Crippen molar-refractivity contribution < 1.29 is 4.79 Å². The van der Waals surface area contributed by atoms with Crippen molar-refractivity contribution in [3.63, 3.8) is 0 Å². The number of pyridine rings is 1. The lowest BCUT2D eigenvalue weighted by Gasteiger charge is -2.39. The molecule has 0 radical (unpaired) electrons. The predicted molar refractivity (Wildman–Crippen MR) is 116 cm³/mol. The highest BCUT2D eigenvalue weighted by molar-refractivity contribution is 6.08. The minimum Gasteiger partial charge on any atom is -0.336 e. The predicted octanol–water partition coefficient (Wildman–Crippen LogP) is 3.42. The zero-order valence-electron chi connectivity index (χ0n) is 17.9. The Morgan fingerprint density at radius 3 is 2.69 bits per heavy atom. The van der Waals surface area contributed by atoms with Crippen LogP contribution in [0.4, 0.5) is 0 Å². The van der Waals surface area contributed by atoms with Gasteiger partial charge in [0.2, 0.25) is 0 Å². The van der Waals surface area contributed by atoms with E-state index < -0.39 is 0 Å². The fraction of sp³-hybridized carbons (Fsp3) is 0.435. The number of nitrogens with zero attached hydrogens (tertiary/aromatic N) is 5. The third kappa shape index (κ3) is 3.53. The maximum atomic E-state index is 13.6. The number of carbonyl (C=O) groups is 1. The summed E-state index contributed by atoms with van der Waals surface area (Å²) in [4.78, 5) is 22.9. The normalized spacial score (nSPS) is 17.8. The summed E-state index contributed by atoms with van der Waals surface area (Å²) in [6, 6.07) is 6.47. The van der Waals surface area contributed by atoms with E-state index in [0.29, 0.717) is 6.04 Å². The molecule has 6 heteroatoms. The first kappa shape index (κ1) is 19.6. The van der Waals surface area contributed by atoms with E-state index >= 15 is 0 Å². The van der Waals surface area contributed by atoms with Crippen molar-refractivity contribution in [2.75, 3.05) is 26.7 Å². The van der Waals surface area contributed by atoms with Crippen molar-refractivity contribution in [3.05, 3.63) is 47.3 Å². The van der Waals surface area contributed by atoms with Crippen molar-refractivity contribution in [3.8, 4) is 11.3 Å². The smallest absolute Gasteiger partial charge is 0.254 e. The van der Waals surface area contributed by atoms with Crippen molar-refractivity contribution in [2.24, 2.45) is 7.05 Å². The molecule has 1 aliphatic heterocycles. The van der Waals surface area contributed by atoms with E-state index in [1.54, 1.807) is 10.9 Å². The topological polar surface area (TPSA) is 54.3 Å². The van der Waals surface area contributed by atoms with Crippen molar-refractivity contribution in [1.82, 2.24) is 24.6 Å².